The molecular formula is C16H21NO2S. The predicted molar refractivity (Wildman–Crippen MR) is 84.4 cm³/mol. The summed E-state index contributed by atoms with van der Waals surface area (Å²) in [6, 6.07) is 8.07. The predicted octanol–water partition coefficient (Wildman–Crippen LogP) is 3.35. The Hall–Kier alpha value is -1.39. The van der Waals surface area contributed by atoms with Crippen LogP contribution >= 0.6 is 11.3 Å². The van der Waals surface area contributed by atoms with Crippen LogP contribution in [0.3, 0.4) is 0 Å². The minimum absolute atomic E-state index is 0.0188. The van der Waals surface area contributed by atoms with Crippen molar-refractivity contribution in [3.8, 4) is 0 Å². The first kappa shape index (κ1) is 15.0. The molecule has 0 bridgehead atoms. The Balaban J connectivity index is 2.14. The molecule has 2 N–H and O–H groups in total. The van der Waals surface area contributed by atoms with E-state index in [2.05, 4.69) is 5.32 Å². The number of rotatable bonds is 5. The van der Waals surface area contributed by atoms with Gasteiger partial charge in [0.25, 0.3) is 5.91 Å². The monoisotopic (exact) mass is 291 g/mol. The average Bonchev–Trinajstić information content (AvgIpc) is 2.74. The van der Waals surface area contributed by atoms with Crippen molar-refractivity contribution in [3.63, 3.8) is 0 Å². The van der Waals surface area contributed by atoms with Crippen LogP contribution in [0.2, 0.25) is 0 Å². The number of amides is 1. The summed E-state index contributed by atoms with van der Waals surface area (Å²) in [6.07, 6.45) is 0.679. The summed E-state index contributed by atoms with van der Waals surface area (Å²) in [5.74, 6) is -0.0188. The Morgan fingerprint density at radius 3 is 2.70 bits per heavy atom. The molecule has 0 fully saturated rings. The Morgan fingerprint density at radius 2 is 2.05 bits per heavy atom. The SMILES string of the molecule is Cc1c(C(=O)NCC(C)(C)CCO)sc2ccccc12. The van der Waals surface area contributed by atoms with Gasteiger partial charge in [0.15, 0.2) is 0 Å². The van der Waals surface area contributed by atoms with Crippen LogP contribution < -0.4 is 5.32 Å². The molecule has 1 heterocycles. The van der Waals surface area contributed by atoms with Crippen LogP contribution in [-0.4, -0.2) is 24.2 Å². The van der Waals surface area contributed by atoms with Gasteiger partial charge in [0.1, 0.15) is 0 Å². The molecular weight excluding hydrogens is 270 g/mol. The van der Waals surface area contributed by atoms with Gasteiger partial charge in [-0.2, -0.15) is 0 Å². The zero-order chi connectivity index (χ0) is 14.8. The molecule has 1 aromatic carbocycles. The van der Waals surface area contributed by atoms with Crippen LogP contribution in [0.5, 0.6) is 0 Å². The molecule has 1 amide bonds. The molecule has 3 nitrogen and oxygen atoms in total. The van der Waals surface area contributed by atoms with Gasteiger partial charge in [-0.3, -0.25) is 4.79 Å². The fraction of sp³-hybridized carbons (Fsp3) is 0.438. The molecule has 0 aliphatic rings. The summed E-state index contributed by atoms with van der Waals surface area (Å²) in [5.41, 5.74) is 0.956. The van der Waals surface area contributed by atoms with Crippen molar-refractivity contribution in [1.82, 2.24) is 5.32 Å². The standard InChI is InChI=1S/C16H21NO2S/c1-11-12-6-4-5-7-13(12)20-14(11)15(19)17-10-16(2,3)8-9-18/h4-7,18H,8-10H2,1-3H3,(H,17,19). The number of benzene rings is 1. The number of hydrogen-bond acceptors (Lipinski definition) is 3. The second-order valence-corrected chi connectivity index (χ2v) is 6.93. The highest BCUT2D eigenvalue weighted by atomic mass is 32.1. The highest BCUT2D eigenvalue weighted by Crippen LogP contribution is 2.30. The Morgan fingerprint density at radius 1 is 1.35 bits per heavy atom. The van der Waals surface area contributed by atoms with Crippen molar-refractivity contribution >= 4 is 27.3 Å². The Bertz CT molecular complexity index is 616. The van der Waals surface area contributed by atoms with Crippen LogP contribution in [0.1, 0.15) is 35.5 Å². The molecule has 0 atom stereocenters. The van der Waals surface area contributed by atoms with Gasteiger partial charge in [-0.15, -0.1) is 11.3 Å². The first-order chi connectivity index (χ1) is 9.44. The number of aliphatic hydroxyl groups is 1. The highest BCUT2D eigenvalue weighted by molar-refractivity contribution is 7.21. The molecule has 20 heavy (non-hydrogen) atoms. The number of nitrogens with one attached hydrogen (secondary N) is 1. The van der Waals surface area contributed by atoms with Gasteiger partial charge in [0, 0.05) is 17.9 Å². The van der Waals surface area contributed by atoms with E-state index in [1.165, 1.54) is 11.3 Å². The number of carbonyl (C=O) groups is 1. The smallest absolute Gasteiger partial charge is 0.261 e. The number of aliphatic hydroxyl groups excluding tert-OH is 1. The summed E-state index contributed by atoms with van der Waals surface area (Å²) in [6.45, 7) is 6.79. The molecule has 1 aromatic heterocycles. The number of carbonyl (C=O) groups excluding carboxylic acids is 1. The summed E-state index contributed by atoms with van der Waals surface area (Å²) in [5, 5.41) is 13.1. The minimum atomic E-state index is -0.0883. The van der Waals surface area contributed by atoms with Gasteiger partial charge in [-0.1, -0.05) is 32.0 Å². The number of thiophene rings is 1. The summed E-state index contributed by atoms with van der Waals surface area (Å²) in [7, 11) is 0. The van der Waals surface area contributed by atoms with Crippen LogP contribution in [0.4, 0.5) is 0 Å². The molecule has 2 aromatic rings. The van der Waals surface area contributed by atoms with Crippen molar-refractivity contribution < 1.29 is 9.90 Å². The van der Waals surface area contributed by atoms with Crippen LogP contribution in [0.25, 0.3) is 10.1 Å². The van der Waals surface area contributed by atoms with E-state index in [-0.39, 0.29) is 17.9 Å². The van der Waals surface area contributed by atoms with Gasteiger partial charge >= 0.3 is 0 Å². The molecule has 0 aliphatic heterocycles. The fourth-order valence-corrected chi connectivity index (χ4v) is 3.31. The summed E-state index contributed by atoms with van der Waals surface area (Å²) < 4.78 is 1.14. The van der Waals surface area contributed by atoms with Gasteiger partial charge in [0.2, 0.25) is 0 Å². The third kappa shape index (κ3) is 3.19. The van der Waals surface area contributed by atoms with E-state index in [1.807, 2.05) is 45.0 Å². The quantitative estimate of drug-likeness (QED) is 0.887. The van der Waals surface area contributed by atoms with E-state index in [1.54, 1.807) is 0 Å². The zero-order valence-corrected chi connectivity index (χ0v) is 13.0. The normalized spacial score (nSPS) is 11.8. The molecule has 0 unspecified atom stereocenters. The summed E-state index contributed by atoms with van der Waals surface area (Å²) in [4.78, 5) is 13.1. The van der Waals surface area contributed by atoms with Gasteiger partial charge in [-0.05, 0) is 35.8 Å². The minimum Gasteiger partial charge on any atom is -0.396 e. The van der Waals surface area contributed by atoms with E-state index >= 15 is 0 Å². The molecule has 108 valence electrons. The highest BCUT2D eigenvalue weighted by Gasteiger charge is 2.20. The average molecular weight is 291 g/mol. The maximum absolute atomic E-state index is 12.3. The maximum atomic E-state index is 12.3. The van der Waals surface area contributed by atoms with Crippen LogP contribution in [-0.2, 0) is 0 Å². The molecule has 0 spiro atoms. The Kier molecular flexibility index (Phi) is 4.45. The molecule has 2 rings (SSSR count). The lowest BCUT2D eigenvalue weighted by atomic mass is 9.90. The van der Waals surface area contributed by atoms with Crippen molar-refractivity contribution in [3.05, 3.63) is 34.7 Å². The molecule has 0 radical (unpaired) electrons. The first-order valence-corrected chi connectivity index (χ1v) is 7.63. The van der Waals surface area contributed by atoms with Crippen molar-refractivity contribution in [2.45, 2.75) is 27.2 Å². The van der Waals surface area contributed by atoms with E-state index in [4.69, 9.17) is 5.11 Å². The molecule has 4 heteroatoms. The maximum Gasteiger partial charge on any atom is 0.261 e. The van der Waals surface area contributed by atoms with E-state index in [9.17, 15) is 4.79 Å². The topological polar surface area (TPSA) is 49.3 Å². The second kappa shape index (κ2) is 5.94. The Labute approximate surface area is 123 Å². The van der Waals surface area contributed by atoms with Gasteiger partial charge < -0.3 is 10.4 Å². The third-order valence-electron chi connectivity index (χ3n) is 3.57. The van der Waals surface area contributed by atoms with E-state index < -0.39 is 0 Å². The van der Waals surface area contributed by atoms with E-state index in [0.717, 1.165) is 20.5 Å². The van der Waals surface area contributed by atoms with Crippen LogP contribution in [0, 0.1) is 12.3 Å². The van der Waals surface area contributed by atoms with Crippen molar-refractivity contribution in [2.24, 2.45) is 5.41 Å². The number of fused-ring (bicyclic) bond motifs is 1. The number of hydrogen-bond donors (Lipinski definition) is 2. The third-order valence-corrected chi connectivity index (χ3v) is 4.84. The molecule has 0 aliphatic carbocycles. The van der Waals surface area contributed by atoms with E-state index in [0.29, 0.717) is 13.0 Å². The molecule has 0 saturated carbocycles. The van der Waals surface area contributed by atoms with Crippen molar-refractivity contribution in [1.29, 1.82) is 0 Å². The lowest BCUT2D eigenvalue weighted by Crippen LogP contribution is -2.34. The van der Waals surface area contributed by atoms with Crippen molar-refractivity contribution in [2.75, 3.05) is 13.2 Å². The lowest BCUT2D eigenvalue weighted by molar-refractivity contribution is 0.0932. The molecule has 0 saturated heterocycles. The zero-order valence-electron chi connectivity index (χ0n) is 12.2. The van der Waals surface area contributed by atoms with Gasteiger partial charge in [-0.25, -0.2) is 0 Å². The number of aryl methyl sites for hydroxylation is 1. The van der Waals surface area contributed by atoms with Crippen LogP contribution in [0.15, 0.2) is 24.3 Å². The fourth-order valence-electron chi connectivity index (χ4n) is 2.18. The summed E-state index contributed by atoms with van der Waals surface area (Å²) >= 11 is 1.53. The van der Waals surface area contributed by atoms with Gasteiger partial charge in [0.05, 0.1) is 4.88 Å². The lowest BCUT2D eigenvalue weighted by Gasteiger charge is -2.23. The second-order valence-electron chi connectivity index (χ2n) is 5.87. The largest absolute Gasteiger partial charge is 0.396 e. The first-order valence-electron chi connectivity index (χ1n) is 6.82.